The molecule has 2 nitrogen and oxygen atoms in total. The molecule has 17 heavy (non-hydrogen) atoms. The van der Waals surface area contributed by atoms with Crippen LogP contribution in [0.15, 0.2) is 23.3 Å². The molecule has 3 atom stereocenters. The molecular weight excluding hydrogens is 212 g/mol. The first kappa shape index (κ1) is 12.3. The Kier molecular flexibility index (Phi) is 2.84. The molecule has 2 rings (SSSR count). The molecule has 0 saturated heterocycles. The van der Waals surface area contributed by atoms with Gasteiger partial charge in [-0.1, -0.05) is 25.5 Å². The van der Waals surface area contributed by atoms with Gasteiger partial charge in [0.1, 0.15) is 0 Å². The minimum atomic E-state index is -0.113. The maximum absolute atomic E-state index is 12.1. The van der Waals surface area contributed by atoms with Gasteiger partial charge in [-0.15, -0.1) is 0 Å². The van der Waals surface area contributed by atoms with Crippen molar-refractivity contribution in [1.29, 1.82) is 0 Å². The molecule has 0 heterocycles. The van der Waals surface area contributed by atoms with Gasteiger partial charge in [0.2, 0.25) is 0 Å². The van der Waals surface area contributed by atoms with Crippen LogP contribution in [0.25, 0.3) is 0 Å². The number of fused-ring (bicyclic) bond motifs is 1. The van der Waals surface area contributed by atoms with E-state index in [4.69, 9.17) is 0 Å². The molecule has 1 fully saturated rings. The van der Waals surface area contributed by atoms with Gasteiger partial charge in [0, 0.05) is 12.3 Å². The molecule has 0 aromatic rings. The SMILES string of the molecule is CC(C)=C1C[C@@]2(C)[C@H](CC1=O)C(=O)C=C[C@@H]2C. The Morgan fingerprint density at radius 2 is 2.00 bits per heavy atom. The van der Waals surface area contributed by atoms with E-state index < -0.39 is 0 Å². The minimum absolute atomic E-state index is 0.0770. The van der Waals surface area contributed by atoms with Gasteiger partial charge in [0.05, 0.1) is 0 Å². The molecule has 0 spiro atoms. The van der Waals surface area contributed by atoms with Crippen molar-refractivity contribution in [2.75, 3.05) is 0 Å². The molecule has 0 N–H and O–H groups in total. The van der Waals surface area contributed by atoms with E-state index in [9.17, 15) is 9.59 Å². The lowest BCUT2D eigenvalue weighted by atomic mass is 9.56. The summed E-state index contributed by atoms with van der Waals surface area (Å²) in [6.45, 7) is 8.28. The van der Waals surface area contributed by atoms with E-state index >= 15 is 0 Å². The van der Waals surface area contributed by atoms with Crippen molar-refractivity contribution in [3.05, 3.63) is 23.3 Å². The number of allylic oxidation sites excluding steroid dienone is 4. The van der Waals surface area contributed by atoms with Crippen LogP contribution in [0.3, 0.4) is 0 Å². The Hall–Kier alpha value is -1.18. The molecule has 0 radical (unpaired) electrons. The van der Waals surface area contributed by atoms with E-state index in [0.717, 1.165) is 17.6 Å². The first-order chi connectivity index (χ1) is 7.86. The minimum Gasteiger partial charge on any atom is -0.295 e. The Morgan fingerprint density at radius 3 is 2.59 bits per heavy atom. The quantitative estimate of drug-likeness (QED) is 0.601. The van der Waals surface area contributed by atoms with Gasteiger partial charge in [-0.05, 0) is 43.3 Å². The third-order valence-corrected chi connectivity index (χ3v) is 4.62. The molecule has 0 aromatic heterocycles. The van der Waals surface area contributed by atoms with Crippen LogP contribution in [0.5, 0.6) is 0 Å². The average molecular weight is 232 g/mol. The topological polar surface area (TPSA) is 34.1 Å². The molecule has 92 valence electrons. The van der Waals surface area contributed by atoms with Crippen molar-refractivity contribution >= 4 is 11.6 Å². The van der Waals surface area contributed by atoms with Gasteiger partial charge in [-0.2, -0.15) is 0 Å². The normalized spacial score (nSPS) is 37.1. The lowest BCUT2D eigenvalue weighted by molar-refractivity contribution is -0.132. The molecule has 0 aromatic carbocycles. The number of hydrogen-bond acceptors (Lipinski definition) is 2. The Bertz CT molecular complexity index is 438. The molecule has 0 amide bonds. The summed E-state index contributed by atoms with van der Waals surface area (Å²) in [4.78, 5) is 24.0. The van der Waals surface area contributed by atoms with Gasteiger partial charge in [0.25, 0.3) is 0 Å². The zero-order valence-corrected chi connectivity index (χ0v) is 11.0. The van der Waals surface area contributed by atoms with Crippen molar-refractivity contribution in [2.24, 2.45) is 17.3 Å². The van der Waals surface area contributed by atoms with E-state index in [0.29, 0.717) is 12.3 Å². The van der Waals surface area contributed by atoms with Gasteiger partial charge in [-0.25, -0.2) is 0 Å². The molecule has 0 bridgehead atoms. The number of Topliss-reactive ketones (excluding diaryl/α,β-unsaturated/α-hetero) is 1. The molecular formula is C15H20O2. The fourth-order valence-electron chi connectivity index (χ4n) is 3.08. The molecule has 2 aliphatic carbocycles. The Balaban J connectivity index is 2.46. The molecule has 0 unspecified atom stereocenters. The van der Waals surface area contributed by atoms with Crippen molar-refractivity contribution < 1.29 is 9.59 Å². The second-order valence-electron chi connectivity index (χ2n) is 5.89. The van der Waals surface area contributed by atoms with Crippen LogP contribution in [0.2, 0.25) is 0 Å². The maximum atomic E-state index is 12.1. The highest BCUT2D eigenvalue weighted by Crippen LogP contribution is 2.50. The highest BCUT2D eigenvalue weighted by molar-refractivity contribution is 6.03. The first-order valence-electron chi connectivity index (χ1n) is 6.28. The monoisotopic (exact) mass is 232 g/mol. The van der Waals surface area contributed by atoms with Crippen LogP contribution in [0.4, 0.5) is 0 Å². The summed E-state index contributed by atoms with van der Waals surface area (Å²) in [6, 6.07) is 0. The van der Waals surface area contributed by atoms with E-state index in [1.165, 1.54) is 0 Å². The lowest BCUT2D eigenvalue weighted by Crippen LogP contribution is -2.45. The van der Waals surface area contributed by atoms with Gasteiger partial charge >= 0.3 is 0 Å². The van der Waals surface area contributed by atoms with Crippen LogP contribution < -0.4 is 0 Å². The average Bonchev–Trinajstić information content (AvgIpc) is 2.26. The second-order valence-corrected chi connectivity index (χ2v) is 5.89. The van der Waals surface area contributed by atoms with E-state index in [-0.39, 0.29) is 22.9 Å². The van der Waals surface area contributed by atoms with Crippen LogP contribution in [-0.4, -0.2) is 11.6 Å². The van der Waals surface area contributed by atoms with E-state index in [1.54, 1.807) is 6.08 Å². The van der Waals surface area contributed by atoms with Crippen molar-refractivity contribution in [1.82, 2.24) is 0 Å². The summed E-state index contributed by atoms with van der Waals surface area (Å²) in [5, 5.41) is 0. The number of rotatable bonds is 0. The van der Waals surface area contributed by atoms with Gasteiger partial charge in [-0.3, -0.25) is 9.59 Å². The third-order valence-electron chi connectivity index (χ3n) is 4.62. The van der Waals surface area contributed by atoms with Crippen molar-refractivity contribution in [3.8, 4) is 0 Å². The van der Waals surface area contributed by atoms with E-state index in [2.05, 4.69) is 13.8 Å². The van der Waals surface area contributed by atoms with Crippen molar-refractivity contribution in [2.45, 2.75) is 40.5 Å². The smallest absolute Gasteiger partial charge is 0.159 e. The van der Waals surface area contributed by atoms with Crippen LogP contribution in [0, 0.1) is 17.3 Å². The summed E-state index contributed by atoms with van der Waals surface area (Å²) in [5.74, 6) is 0.542. The van der Waals surface area contributed by atoms with Crippen LogP contribution >= 0.6 is 0 Å². The highest BCUT2D eigenvalue weighted by Gasteiger charge is 2.49. The van der Waals surface area contributed by atoms with Crippen LogP contribution in [0.1, 0.15) is 40.5 Å². The highest BCUT2D eigenvalue weighted by atomic mass is 16.1. The molecule has 2 aliphatic rings. The summed E-state index contributed by atoms with van der Waals surface area (Å²) in [6.07, 6.45) is 4.80. The largest absolute Gasteiger partial charge is 0.295 e. The third kappa shape index (κ3) is 1.80. The first-order valence-corrected chi connectivity index (χ1v) is 6.28. The predicted molar refractivity (Wildman–Crippen MR) is 67.5 cm³/mol. The van der Waals surface area contributed by atoms with E-state index in [1.807, 2.05) is 19.9 Å². The number of carbonyl (C=O) groups is 2. The molecule has 0 aliphatic heterocycles. The van der Waals surface area contributed by atoms with Crippen LogP contribution in [-0.2, 0) is 9.59 Å². The summed E-state index contributed by atoms with van der Waals surface area (Å²) < 4.78 is 0. The fraction of sp³-hybridized carbons (Fsp3) is 0.600. The Morgan fingerprint density at radius 1 is 1.35 bits per heavy atom. The number of ketones is 2. The number of hydrogen-bond donors (Lipinski definition) is 0. The predicted octanol–water partition coefficient (Wildman–Crippen LogP) is 3.08. The van der Waals surface area contributed by atoms with Gasteiger partial charge < -0.3 is 0 Å². The van der Waals surface area contributed by atoms with Gasteiger partial charge in [0.15, 0.2) is 11.6 Å². The Labute approximate surface area is 103 Å². The second kappa shape index (κ2) is 3.94. The van der Waals surface area contributed by atoms with Crippen molar-refractivity contribution in [3.63, 3.8) is 0 Å². The molecule has 1 saturated carbocycles. The fourth-order valence-corrected chi connectivity index (χ4v) is 3.08. The standard InChI is InChI=1S/C15H20O2/c1-9(2)11-8-15(4)10(3)5-6-13(16)12(15)7-14(11)17/h5-6,10,12H,7-8H2,1-4H3/t10-,12+,15+/m0/s1. The number of carbonyl (C=O) groups excluding carboxylic acids is 2. The summed E-state index contributed by atoms with van der Waals surface area (Å²) in [7, 11) is 0. The zero-order chi connectivity index (χ0) is 12.8. The maximum Gasteiger partial charge on any atom is 0.159 e. The summed E-state index contributed by atoms with van der Waals surface area (Å²) in [5.41, 5.74) is 1.97. The zero-order valence-electron chi connectivity index (χ0n) is 11.0. The lowest BCUT2D eigenvalue weighted by Gasteiger charge is -2.46. The summed E-state index contributed by atoms with van der Waals surface area (Å²) >= 11 is 0. The molecule has 2 heteroatoms.